The standard InChI is InChI=1S/C28H34O4/c1-28-13-12-22-21-10-8-20(29)15-18(21)7-9-23(22)27(28)19(16-26(28)30)6-4-17-5-11-24(31-2)25(14-17)32-3/h5,8,10-11,14-15,19,22-23,27,29H,4,6-7,9,12-13,16H2,1-3H3/t19-,22+,23+,27-,28+/m0/s1. The molecule has 4 nitrogen and oxygen atoms in total. The number of rotatable bonds is 5. The third-order valence-electron chi connectivity index (χ3n) is 8.81. The van der Waals surface area contributed by atoms with E-state index < -0.39 is 0 Å². The Morgan fingerprint density at radius 3 is 2.66 bits per heavy atom. The van der Waals surface area contributed by atoms with Crippen molar-refractivity contribution in [3.63, 3.8) is 0 Å². The van der Waals surface area contributed by atoms with Gasteiger partial charge in [-0.05, 0) is 103 Å². The SMILES string of the molecule is COc1ccc(CC[C@H]2CC(=O)[C@@]3(C)CC[C@@H]4c5ccc(O)cc5CC[C@H]4[C@H]23)cc1OC. The molecule has 0 heterocycles. The average Bonchev–Trinajstić information content (AvgIpc) is 3.07. The van der Waals surface area contributed by atoms with Gasteiger partial charge in [0, 0.05) is 11.8 Å². The molecule has 0 amide bonds. The Balaban J connectivity index is 1.39. The second-order valence-electron chi connectivity index (χ2n) is 10.3. The van der Waals surface area contributed by atoms with Crippen molar-refractivity contribution in [2.24, 2.45) is 23.2 Å². The molecule has 0 aliphatic heterocycles. The number of fused-ring (bicyclic) bond motifs is 5. The first-order valence-corrected chi connectivity index (χ1v) is 12.0. The number of ketones is 1. The van der Waals surface area contributed by atoms with Crippen LogP contribution in [0.5, 0.6) is 17.2 Å². The highest BCUT2D eigenvalue weighted by molar-refractivity contribution is 5.87. The Bertz CT molecular complexity index is 1030. The van der Waals surface area contributed by atoms with Gasteiger partial charge in [0.05, 0.1) is 14.2 Å². The highest BCUT2D eigenvalue weighted by atomic mass is 16.5. The molecule has 0 radical (unpaired) electrons. The molecule has 5 atom stereocenters. The van der Waals surface area contributed by atoms with E-state index in [0.29, 0.717) is 35.2 Å². The smallest absolute Gasteiger partial charge is 0.160 e. The normalized spacial score (nSPS) is 30.9. The molecule has 0 aromatic heterocycles. The molecule has 170 valence electrons. The van der Waals surface area contributed by atoms with Gasteiger partial charge >= 0.3 is 0 Å². The minimum Gasteiger partial charge on any atom is -0.508 e. The number of phenolic OH excluding ortho intramolecular Hbond substituents is 1. The van der Waals surface area contributed by atoms with E-state index >= 15 is 0 Å². The third-order valence-corrected chi connectivity index (χ3v) is 8.81. The van der Waals surface area contributed by atoms with Crippen molar-refractivity contribution in [2.45, 2.75) is 57.8 Å². The summed E-state index contributed by atoms with van der Waals surface area (Å²) >= 11 is 0. The molecule has 32 heavy (non-hydrogen) atoms. The molecule has 0 bridgehead atoms. The molecule has 2 aromatic rings. The summed E-state index contributed by atoms with van der Waals surface area (Å²) in [5.74, 6) is 4.34. The second kappa shape index (κ2) is 8.13. The zero-order valence-electron chi connectivity index (χ0n) is 19.4. The monoisotopic (exact) mass is 434 g/mol. The fourth-order valence-corrected chi connectivity index (χ4v) is 7.28. The number of aryl methyl sites for hydroxylation is 2. The maximum atomic E-state index is 13.2. The van der Waals surface area contributed by atoms with E-state index in [0.717, 1.165) is 56.4 Å². The first kappa shape index (κ1) is 21.4. The summed E-state index contributed by atoms with van der Waals surface area (Å²) < 4.78 is 10.9. The van der Waals surface area contributed by atoms with Crippen LogP contribution < -0.4 is 9.47 Å². The number of ether oxygens (including phenoxy) is 2. The molecule has 2 fully saturated rings. The summed E-state index contributed by atoms with van der Waals surface area (Å²) in [7, 11) is 3.33. The van der Waals surface area contributed by atoms with E-state index in [1.807, 2.05) is 18.2 Å². The van der Waals surface area contributed by atoms with Crippen LogP contribution in [0.3, 0.4) is 0 Å². The van der Waals surface area contributed by atoms with E-state index in [9.17, 15) is 9.90 Å². The molecule has 0 saturated heterocycles. The molecular weight excluding hydrogens is 400 g/mol. The predicted molar refractivity (Wildman–Crippen MR) is 124 cm³/mol. The lowest BCUT2D eigenvalue weighted by molar-refractivity contribution is -0.129. The summed E-state index contributed by atoms with van der Waals surface area (Å²) in [6, 6.07) is 12.1. The van der Waals surface area contributed by atoms with Gasteiger partial charge in [0.15, 0.2) is 11.5 Å². The van der Waals surface area contributed by atoms with Crippen LogP contribution >= 0.6 is 0 Å². The van der Waals surface area contributed by atoms with E-state index in [2.05, 4.69) is 25.1 Å². The summed E-state index contributed by atoms with van der Waals surface area (Å²) in [6.07, 6.45) is 6.92. The lowest BCUT2D eigenvalue weighted by Gasteiger charge is -2.50. The predicted octanol–water partition coefficient (Wildman–Crippen LogP) is 5.69. The van der Waals surface area contributed by atoms with Gasteiger partial charge < -0.3 is 14.6 Å². The Kier molecular flexibility index (Phi) is 5.43. The number of hydrogen-bond donors (Lipinski definition) is 1. The van der Waals surface area contributed by atoms with E-state index in [4.69, 9.17) is 9.47 Å². The quantitative estimate of drug-likeness (QED) is 0.656. The Morgan fingerprint density at radius 1 is 1.06 bits per heavy atom. The van der Waals surface area contributed by atoms with Crippen molar-refractivity contribution in [3.8, 4) is 17.2 Å². The van der Waals surface area contributed by atoms with Gasteiger partial charge in [0.1, 0.15) is 11.5 Å². The van der Waals surface area contributed by atoms with Gasteiger partial charge in [0.25, 0.3) is 0 Å². The molecule has 0 unspecified atom stereocenters. The zero-order valence-corrected chi connectivity index (χ0v) is 19.4. The van der Waals surface area contributed by atoms with E-state index in [1.165, 1.54) is 16.7 Å². The summed E-state index contributed by atoms with van der Waals surface area (Å²) in [5, 5.41) is 9.94. The molecular formula is C28H34O4. The Morgan fingerprint density at radius 2 is 1.88 bits per heavy atom. The maximum absolute atomic E-state index is 13.2. The van der Waals surface area contributed by atoms with Crippen LogP contribution in [0.4, 0.5) is 0 Å². The third kappa shape index (κ3) is 3.39. The lowest BCUT2D eigenvalue weighted by Crippen LogP contribution is -2.44. The number of aromatic hydroxyl groups is 1. The Hall–Kier alpha value is -2.49. The van der Waals surface area contributed by atoms with Crippen LogP contribution in [-0.2, 0) is 17.6 Å². The number of carbonyl (C=O) groups excluding carboxylic acids is 1. The van der Waals surface area contributed by atoms with Crippen molar-refractivity contribution in [3.05, 3.63) is 53.1 Å². The van der Waals surface area contributed by atoms with Gasteiger partial charge in [-0.15, -0.1) is 0 Å². The zero-order chi connectivity index (χ0) is 22.5. The lowest BCUT2D eigenvalue weighted by atomic mass is 9.54. The molecule has 5 rings (SSSR count). The fraction of sp³-hybridized carbons (Fsp3) is 0.536. The highest BCUT2D eigenvalue weighted by Gasteiger charge is 2.58. The maximum Gasteiger partial charge on any atom is 0.160 e. The number of carbonyl (C=O) groups is 1. The largest absolute Gasteiger partial charge is 0.508 e. The van der Waals surface area contributed by atoms with Crippen molar-refractivity contribution < 1.29 is 19.4 Å². The molecule has 2 saturated carbocycles. The summed E-state index contributed by atoms with van der Waals surface area (Å²) in [5.41, 5.74) is 3.79. The van der Waals surface area contributed by atoms with Gasteiger partial charge in [-0.25, -0.2) is 0 Å². The van der Waals surface area contributed by atoms with Crippen LogP contribution in [0.25, 0.3) is 0 Å². The van der Waals surface area contributed by atoms with Crippen LogP contribution in [0.1, 0.15) is 61.6 Å². The first-order valence-electron chi connectivity index (χ1n) is 12.0. The number of hydrogen-bond acceptors (Lipinski definition) is 4. The molecule has 1 N–H and O–H groups in total. The molecule has 3 aliphatic rings. The Labute approximate surface area is 190 Å². The van der Waals surface area contributed by atoms with Crippen molar-refractivity contribution in [1.82, 2.24) is 0 Å². The highest BCUT2D eigenvalue weighted by Crippen LogP contribution is 2.62. The minimum absolute atomic E-state index is 0.169. The number of phenols is 1. The minimum atomic E-state index is -0.169. The first-order chi connectivity index (χ1) is 15.4. The summed E-state index contributed by atoms with van der Waals surface area (Å²) in [4.78, 5) is 13.2. The number of Topliss-reactive ketones (excluding diaryl/α,β-unsaturated/α-hetero) is 1. The van der Waals surface area contributed by atoms with E-state index in [-0.39, 0.29) is 5.41 Å². The number of benzene rings is 2. The molecule has 0 spiro atoms. The van der Waals surface area contributed by atoms with Crippen LogP contribution in [0.15, 0.2) is 36.4 Å². The van der Waals surface area contributed by atoms with Gasteiger partial charge in [0.2, 0.25) is 0 Å². The van der Waals surface area contributed by atoms with Crippen molar-refractivity contribution in [2.75, 3.05) is 14.2 Å². The summed E-state index contributed by atoms with van der Waals surface area (Å²) in [6.45, 7) is 2.25. The van der Waals surface area contributed by atoms with Gasteiger partial charge in [-0.2, -0.15) is 0 Å². The number of methoxy groups -OCH3 is 2. The van der Waals surface area contributed by atoms with Crippen LogP contribution in [0, 0.1) is 23.2 Å². The van der Waals surface area contributed by atoms with Gasteiger partial charge in [-0.3, -0.25) is 4.79 Å². The van der Waals surface area contributed by atoms with E-state index in [1.54, 1.807) is 14.2 Å². The molecule has 3 aliphatic carbocycles. The van der Waals surface area contributed by atoms with Crippen molar-refractivity contribution in [1.29, 1.82) is 0 Å². The fourth-order valence-electron chi connectivity index (χ4n) is 7.28. The van der Waals surface area contributed by atoms with Crippen LogP contribution in [0.2, 0.25) is 0 Å². The topological polar surface area (TPSA) is 55.8 Å². The van der Waals surface area contributed by atoms with Crippen LogP contribution in [-0.4, -0.2) is 25.1 Å². The molecule has 4 heteroatoms. The van der Waals surface area contributed by atoms with Gasteiger partial charge in [-0.1, -0.05) is 19.1 Å². The van der Waals surface area contributed by atoms with Crippen molar-refractivity contribution >= 4 is 5.78 Å². The average molecular weight is 435 g/mol. The molecule has 2 aromatic carbocycles. The second-order valence-corrected chi connectivity index (χ2v) is 10.3.